The second-order valence-corrected chi connectivity index (χ2v) is 4.85. The molecule has 0 amide bonds. The van der Waals surface area contributed by atoms with Gasteiger partial charge in [0.2, 0.25) is 0 Å². The zero-order valence-corrected chi connectivity index (χ0v) is 11.5. The van der Waals surface area contributed by atoms with E-state index in [4.69, 9.17) is 0 Å². The molecule has 1 aromatic rings. The number of hydrogen-bond acceptors (Lipinski definition) is 2. The van der Waals surface area contributed by atoms with Gasteiger partial charge in [-0.15, -0.1) is 0 Å². The van der Waals surface area contributed by atoms with E-state index in [1.165, 1.54) is 12.8 Å². The molecular weight excluding hydrogens is 212 g/mol. The first-order valence-electron chi connectivity index (χ1n) is 6.61. The maximum Gasteiger partial charge on any atom is 0.166 e. The van der Waals surface area contributed by atoms with Crippen LogP contribution in [0.5, 0.6) is 0 Å². The first-order valence-corrected chi connectivity index (χ1v) is 6.61. The third-order valence-electron chi connectivity index (χ3n) is 3.33. The predicted molar refractivity (Wildman–Crippen MR) is 70.2 cm³/mol. The van der Waals surface area contributed by atoms with Gasteiger partial charge in [-0.05, 0) is 12.8 Å². The van der Waals surface area contributed by atoms with Crippen LogP contribution in [0, 0.1) is 12.8 Å². The van der Waals surface area contributed by atoms with Crippen molar-refractivity contribution in [1.82, 2.24) is 9.78 Å². The second kappa shape index (κ2) is 6.58. The molecule has 0 bridgehead atoms. The van der Waals surface area contributed by atoms with Gasteiger partial charge in [-0.25, -0.2) is 0 Å². The van der Waals surface area contributed by atoms with Gasteiger partial charge in [0.25, 0.3) is 0 Å². The minimum atomic E-state index is 0.249. The lowest BCUT2D eigenvalue weighted by atomic mass is 9.92. The van der Waals surface area contributed by atoms with E-state index >= 15 is 0 Å². The van der Waals surface area contributed by atoms with Crippen LogP contribution >= 0.6 is 0 Å². The van der Waals surface area contributed by atoms with Gasteiger partial charge in [0.15, 0.2) is 5.78 Å². The maximum absolute atomic E-state index is 12.2. The molecule has 0 aliphatic heterocycles. The van der Waals surface area contributed by atoms with Crippen molar-refractivity contribution in [2.24, 2.45) is 13.0 Å². The summed E-state index contributed by atoms with van der Waals surface area (Å²) in [6.45, 7) is 6.27. The quantitative estimate of drug-likeness (QED) is 0.679. The Morgan fingerprint density at radius 2 is 2.18 bits per heavy atom. The zero-order valence-electron chi connectivity index (χ0n) is 11.5. The number of carbonyl (C=O) groups excluding carboxylic acids is 1. The number of unbranched alkanes of at least 4 members (excludes halogenated alkanes) is 1. The number of aryl methyl sites for hydroxylation is 2. The highest BCUT2D eigenvalue weighted by Gasteiger charge is 2.17. The van der Waals surface area contributed by atoms with Crippen molar-refractivity contribution in [3.63, 3.8) is 0 Å². The van der Waals surface area contributed by atoms with E-state index in [1.807, 2.05) is 20.2 Å². The standard InChI is InChI=1S/C14H24N2O/c1-5-7-8-12(6-2)9-14(17)13-10-16(4)15-11(13)3/h10,12H,5-9H2,1-4H3. The van der Waals surface area contributed by atoms with Gasteiger partial charge in [-0.1, -0.05) is 39.5 Å². The van der Waals surface area contributed by atoms with E-state index in [2.05, 4.69) is 18.9 Å². The number of rotatable bonds is 7. The van der Waals surface area contributed by atoms with Gasteiger partial charge in [0.1, 0.15) is 0 Å². The lowest BCUT2D eigenvalue weighted by Crippen LogP contribution is -2.09. The number of Topliss-reactive ketones (excluding diaryl/α,β-unsaturated/α-hetero) is 1. The average molecular weight is 236 g/mol. The lowest BCUT2D eigenvalue weighted by molar-refractivity contribution is 0.0956. The molecule has 0 fully saturated rings. The van der Waals surface area contributed by atoms with Crippen LogP contribution in [0.1, 0.15) is 62.0 Å². The molecule has 0 aromatic carbocycles. The van der Waals surface area contributed by atoms with Crippen LogP contribution < -0.4 is 0 Å². The lowest BCUT2D eigenvalue weighted by Gasteiger charge is -2.12. The molecule has 0 spiro atoms. The van der Waals surface area contributed by atoms with Gasteiger partial charge in [0.05, 0.1) is 11.3 Å². The zero-order chi connectivity index (χ0) is 12.8. The van der Waals surface area contributed by atoms with E-state index in [0.29, 0.717) is 12.3 Å². The van der Waals surface area contributed by atoms with Crippen LogP contribution in [0.3, 0.4) is 0 Å². The molecule has 0 saturated carbocycles. The summed E-state index contributed by atoms with van der Waals surface area (Å²) in [4.78, 5) is 12.2. The molecule has 0 N–H and O–H groups in total. The number of carbonyl (C=O) groups is 1. The Balaban J connectivity index is 2.61. The van der Waals surface area contributed by atoms with Crippen LogP contribution in [-0.4, -0.2) is 15.6 Å². The Kier molecular flexibility index (Phi) is 5.39. The van der Waals surface area contributed by atoms with Gasteiger partial charge in [-0.2, -0.15) is 5.10 Å². The second-order valence-electron chi connectivity index (χ2n) is 4.85. The van der Waals surface area contributed by atoms with Crippen molar-refractivity contribution in [2.45, 2.75) is 52.9 Å². The number of nitrogens with zero attached hydrogens (tertiary/aromatic N) is 2. The fourth-order valence-electron chi connectivity index (χ4n) is 2.19. The Morgan fingerprint density at radius 1 is 1.47 bits per heavy atom. The number of ketones is 1. The third-order valence-corrected chi connectivity index (χ3v) is 3.33. The molecule has 1 heterocycles. The van der Waals surface area contributed by atoms with Crippen molar-refractivity contribution < 1.29 is 4.79 Å². The van der Waals surface area contributed by atoms with Crippen molar-refractivity contribution in [1.29, 1.82) is 0 Å². The first-order chi connectivity index (χ1) is 8.08. The first kappa shape index (κ1) is 13.9. The summed E-state index contributed by atoms with van der Waals surface area (Å²) in [7, 11) is 1.86. The molecule has 0 aliphatic rings. The van der Waals surface area contributed by atoms with Gasteiger partial charge >= 0.3 is 0 Å². The largest absolute Gasteiger partial charge is 0.294 e. The van der Waals surface area contributed by atoms with Gasteiger partial charge in [-0.3, -0.25) is 9.48 Å². The normalized spacial score (nSPS) is 12.7. The van der Waals surface area contributed by atoms with Crippen LogP contribution in [0.15, 0.2) is 6.20 Å². The molecule has 0 aliphatic carbocycles. The Hall–Kier alpha value is -1.12. The summed E-state index contributed by atoms with van der Waals surface area (Å²) in [6.07, 6.45) is 7.19. The van der Waals surface area contributed by atoms with Crippen LogP contribution in [-0.2, 0) is 7.05 Å². The molecule has 0 saturated heterocycles. The van der Waals surface area contributed by atoms with E-state index in [-0.39, 0.29) is 5.78 Å². The molecule has 0 radical (unpaired) electrons. The van der Waals surface area contributed by atoms with Crippen LogP contribution in [0.2, 0.25) is 0 Å². The Bertz CT molecular complexity index is 368. The Morgan fingerprint density at radius 3 is 2.65 bits per heavy atom. The van der Waals surface area contributed by atoms with Crippen molar-refractivity contribution in [3.05, 3.63) is 17.5 Å². The monoisotopic (exact) mass is 236 g/mol. The minimum absolute atomic E-state index is 0.249. The molecule has 1 atom stereocenters. The van der Waals surface area contributed by atoms with Crippen molar-refractivity contribution in [3.8, 4) is 0 Å². The number of aromatic nitrogens is 2. The molecule has 96 valence electrons. The molecule has 1 aromatic heterocycles. The van der Waals surface area contributed by atoms with E-state index in [1.54, 1.807) is 4.68 Å². The van der Waals surface area contributed by atoms with Crippen LogP contribution in [0.25, 0.3) is 0 Å². The van der Waals surface area contributed by atoms with E-state index in [9.17, 15) is 4.79 Å². The highest BCUT2D eigenvalue weighted by atomic mass is 16.1. The fraction of sp³-hybridized carbons (Fsp3) is 0.714. The molecule has 3 heteroatoms. The van der Waals surface area contributed by atoms with Crippen molar-refractivity contribution in [2.75, 3.05) is 0 Å². The topological polar surface area (TPSA) is 34.9 Å². The molecule has 3 nitrogen and oxygen atoms in total. The molecule has 1 rings (SSSR count). The third kappa shape index (κ3) is 3.99. The average Bonchev–Trinajstić information content (AvgIpc) is 2.63. The highest BCUT2D eigenvalue weighted by Crippen LogP contribution is 2.20. The molecule has 1 unspecified atom stereocenters. The molecular formula is C14H24N2O. The summed E-state index contributed by atoms with van der Waals surface area (Å²) in [5, 5.41) is 4.22. The van der Waals surface area contributed by atoms with Crippen LogP contribution in [0.4, 0.5) is 0 Å². The summed E-state index contributed by atoms with van der Waals surface area (Å²) in [5.74, 6) is 0.778. The van der Waals surface area contributed by atoms with Gasteiger partial charge in [0, 0.05) is 19.7 Å². The van der Waals surface area contributed by atoms with E-state index < -0.39 is 0 Å². The van der Waals surface area contributed by atoms with E-state index in [0.717, 1.165) is 24.1 Å². The Labute approximate surface area is 104 Å². The molecule has 17 heavy (non-hydrogen) atoms. The maximum atomic E-state index is 12.2. The summed E-state index contributed by atoms with van der Waals surface area (Å²) in [5.41, 5.74) is 1.64. The smallest absolute Gasteiger partial charge is 0.166 e. The SMILES string of the molecule is CCCCC(CC)CC(=O)c1cn(C)nc1C. The summed E-state index contributed by atoms with van der Waals surface area (Å²) in [6, 6.07) is 0. The summed E-state index contributed by atoms with van der Waals surface area (Å²) < 4.78 is 1.72. The predicted octanol–water partition coefficient (Wildman–Crippen LogP) is 3.52. The number of hydrogen-bond donors (Lipinski definition) is 0. The minimum Gasteiger partial charge on any atom is -0.294 e. The summed E-state index contributed by atoms with van der Waals surface area (Å²) >= 11 is 0. The van der Waals surface area contributed by atoms with Crippen molar-refractivity contribution >= 4 is 5.78 Å². The highest BCUT2D eigenvalue weighted by molar-refractivity contribution is 5.96. The van der Waals surface area contributed by atoms with Gasteiger partial charge < -0.3 is 0 Å². The fourth-order valence-corrected chi connectivity index (χ4v) is 2.19.